The Morgan fingerprint density at radius 2 is 2.24 bits per heavy atom. The Hall–Kier alpha value is -0.650. The summed E-state index contributed by atoms with van der Waals surface area (Å²) in [6.45, 7) is 4.15. The fraction of sp³-hybridized carbons (Fsp3) is 0.917. The molecule has 0 bridgehead atoms. The number of hydrogen-bond donors (Lipinski definition) is 2. The lowest BCUT2D eigenvalue weighted by molar-refractivity contribution is -0.149. The molecule has 2 aliphatic rings. The third-order valence-electron chi connectivity index (χ3n) is 3.68. The Balaban J connectivity index is 1.58. The highest BCUT2D eigenvalue weighted by Gasteiger charge is 2.30. The van der Waals surface area contributed by atoms with Gasteiger partial charge in [-0.25, -0.2) is 4.79 Å². The van der Waals surface area contributed by atoms with Crippen molar-refractivity contribution in [3.63, 3.8) is 0 Å². The molecule has 2 N–H and O–H groups in total. The molecule has 0 spiro atoms. The van der Waals surface area contributed by atoms with Crippen LogP contribution in [0.15, 0.2) is 0 Å². The van der Waals surface area contributed by atoms with Crippen LogP contribution in [-0.2, 0) is 9.53 Å². The minimum Gasteiger partial charge on any atom is -0.479 e. The lowest BCUT2D eigenvalue weighted by Gasteiger charge is -2.15. The van der Waals surface area contributed by atoms with Crippen molar-refractivity contribution in [2.45, 2.75) is 31.5 Å². The third kappa shape index (κ3) is 3.66. The summed E-state index contributed by atoms with van der Waals surface area (Å²) in [6, 6.07) is 0. The van der Waals surface area contributed by atoms with E-state index in [-0.39, 0.29) is 6.10 Å². The second kappa shape index (κ2) is 5.80. The summed E-state index contributed by atoms with van der Waals surface area (Å²) in [7, 11) is 2.15. The van der Waals surface area contributed by atoms with Crippen molar-refractivity contribution in [2.75, 3.05) is 33.2 Å². The zero-order valence-electron chi connectivity index (χ0n) is 10.4. The van der Waals surface area contributed by atoms with Gasteiger partial charge in [0.15, 0.2) is 6.10 Å². The van der Waals surface area contributed by atoms with Crippen LogP contribution in [0.5, 0.6) is 0 Å². The molecule has 3 unspecified atom stereocenters. The molecule has 2 fully saturated rings. The van der Waals surface area contributed by atoms with Gasteiger partial charge in [0.2, 0.25) is 0 Å². The maximum absolute atomic E-state index is 10.7. The molecule has 0 aromatic carbocycles. The molecule has 0 amide bonds. The van der Waals surface area contributed by atoms with Crippen LogP contribution in [0, 0.1) is 5.92 Å². The van der Waals surface area contributed by atoms with E-state index in [1.165, 1.54) is 13.0 Å². The molecular weight excluding hydrogens is 220 g/mol. The number of ether oxygens (including phenoxy) is 1. The van der Waals surface area contributed by atoms with Crippen LogP contribution >= 0.6 is 0 Å². The molecule has 2 rings (SSSR count). The minimum atomic E-state index is -0.829. The largest absolute Gasteiger partial charge is 0.479 e. The Morgan fingerprint density at radius 1 is 1.41 bits per heavy atom. The number of carboxylic acid groups (broad SMARTS) is 1. The summed E-state index contributed by atoms with van der Waals surface area (Å²) < 4.78 is 5.44. The number of aliphatic carboxylic acids is 1. The number of nitrogens with zero attached hydrogens (tertiary/aromatic N) is 1. The first kappa shape index (κ1) is 12.8. The van der Waals surface area contributed by atoms with Gasteiger partial charge in [-0.05, 0) is 45.3 Å². The van der Waals surface area contributed by atoms with E-state index in [0.29, 0.717) is 6.42 Å². The van der Waals surface area contributed by atoms with Gasteiger partial charge in [0, 0.05) is 13.1 Å². The maximum Gasteiger partial charge on any atom is 0.332 e. The first-order valence-corrected chi connectivity index (χ1v) is 6.42. The molecule has 2 aliphatic heterocycles. The van der Waals surface area contributed by atoms with Crippen LogP contribution in [-0.4, -0.2) is 61.4 Å². The fourth-order valence-corrected chi connectivity index (χ4v) is 2.68. The van der Waals surface area contributed by atoms with Crippen molar-refractivity contribution in [2.24, 2.45) is 5.92 Å². The minimum absolute atomic E-state index is 0.0789. The molecule has 0 saturated carbocycles. The average molecular weight is 242 g/mol. The molecule has 0 aromatic rings. The van der Waals surface area contributed by atoms with Gasteiger partial charge in [-0.3, -0.25) is 0 Å². The normalized spacial score (nSPS) is 34.3. The smallest absolute Gasteiger partial charge is 0.332 e. The molecule has 0 aliphatic carbocycles. The van der Waals surface area contributed by atoms with Gasteiger partial charge in [0.25, 0.3) is 0 Å². The quantitative estimate of drug-likeness (QED) is 0.719. The van der Waals surface area contributed by atoms with Crippen LogP contribution < -0.4 is 5.32 Å². The highest BCUT2D eigenvalue weighted by atomic mass is 16.5. The Kier molecular flexibility index (Phi) is 4.36. The first-order valence-electron chi connectivity index (χ1n) is 6.42. The second-order valence-electron chi connectivity index (χ2n) is 5.24. The predicted octanol–water partition coefficient (Wildman–Crippen LogP) is 0.160. The van der Waals surface area contributed by atoms with E-state index in [1.807, 2.05) is 0 Å². The van der Waals surface area contributed by atoms with Crippen LogP contribution in [0.2, 0.25) is 0 Å². The lowest BCUT2D eigenvalue weighted by atomic mass is 10.1. The molecule has 5 heteroatoms. The lowest BCUT2D eigenvalue weighted by Crippen LogP contribution is -2.32. The second-order valence-corrected chi connectivity index (χ2v) is 5.24. The van der Waals surface area contributed by atoms with E-state index in [2.05, 4.69) is 17.3 Å². The van der Waals surface area contributed by atoms with E-state index in [0.717, 1.165) is 32.0 Å². The zero-order valence-corrected chi connectivity index (χ0v) is 10.4. The van der Waals surface area contributed by atoms with Crippen LogP contribution in [0.4, 0.5) is 0 Å². The van der Waals surface area contributed by atoms with Gasteiger partial charge in [-0.15, -0.1) is 0 Å². The molecule has 2 heterocycles. The highest BCUT2D eigenvalue weighted by Crippen LogP contribution is 2.19. The molecule has 2 saturated heterocycles. The van der Waals surface area contributed by atoms with E-state index in [1.54, 1.807) is 0 Å². The summed E-state index contributed by atoms with van der Waals surface area (Å²) >= 11 is 0. The van der Waals surface area contributed by atoms with Crippen LogP contribution in [0.1, 0.15) is 19.3 Å². The summed E-state index contributed by atoms with van der Waals surface area (Å²) in [5, 5.41) is 12.2. The predicted molar refractivity (Wildman–Crippen MR) is 64.0 cm³/mol. The van der Waals surface area contributed by atoms with E-state index in [9.17, 15) is 4.79 Å². The maximum atomic E-state index is 10.7. The zero-order chi connectivity index (χ0) is 12.3. The van der Waals surface area contributed by atoms with Crippen molar-refractivity contribution in [1.29, 1.82) is 0 Å². The number of rotatable bonds is 5. The van der Waals surface area contributed by atoms with Crippen molar-refractivity contribution >= 4 is 5.97 Å². The Labute approximate surface area is 102 Å². The van der Waals surface area contributed by atoms with Crippen molar-refractivity contribution in [1.82, 2.24) is 10.2 Å². The Bertz CT molecular complexity index is 272. The van der Waals surface area contributed by atoms with Gasteiger partial charge in [0.1, 0.15) is 0 Å². The highest BCUT2D eigenvalue weighted by molar-refractivity contribution is 5.72. The molecule has 5 nitrogen and oxygen atoms in total. The monoisotopic (exact) mass is 242 g/mol. The number of carbonyl (C=O) groups is 1. The van der Waals surface area contributed by atoms with E-state index in [4.69, 9.17) is 9.84 Å². The summed E-state index contributed by atoms with van der Waals surface area (Å²) in [6.07, 6.45) is 2.25. The van der Waals surface area contributed by atoms with E-state index >= 15 is 0 Å². The van der Waals surface area contributed by atoms with Crippen molar-refractivity contribution in [3.8, 4) is 0 Å². The van der Waals surface area contributed by atoms with Crippen molar-refractivity contribution in [3.05, 3.63) is 0 Å². The van der Waals surface area contributed by atoms with Crippen LogP contribution in [0.25, 0.3) is 0 Å². The van der Waals surface area contributed by atoms with Gasteiger partial charge in [-0.1, -0.05) is 0 Å². The van der Waals surface area contributed by atoms with E-state index < -0.39 is 12.1 Å². The summed E-state index contributed by atoms with van der Waals surface area (Å²) in [5.74, 6) is -0.0957. The fourth-order valence-electron chi connectivity index (χ4n) is 2.68. The third-order valence-corrected chi connectivity index (χ3v) is 3.68. The van der Waals surface area contributed by atoms with Crippen molar-refractivity contribution < 1.29 is 14.6 Å². The molecule has 3 atom stereocenters. The SMILES string of the molecule is CN1CCC(CNCC2CCC(C(=O)O)O2)C1. The van der Waals surface area contributed by atoms with Gasteiger partial charge in [0.05, 0.1) is 6.10 Å². The molecule has 0 radical (unpaired) electrons. The average Bonchev–Trinajstić information content (AvgIpc) is 2.88. The first-order chi connectivity index (χ1) is 8.15. The van der Waals surface area contributed by atoms with Gasteiger partial charge < -0.3 is 20.1 Å². The standard InChI is InChI=1S/C12H22N2O3/c1-14-5-4-9(8-14)6-13-7-10-2-3-11(17-10)12(15)16/h9-11,13H,2-8H2,1H3,(H,15,16). The Morgan fingerprint density at radius 3 is 2.82 bits per heavy atom. The van der Waals surface area contributed by atoms with Gasteiger partial charge in [-0.2, -0.15) is 0 Å². The topological polar surface area (TPSA) is 61.8 Å². The molecule has 98 valence electrons. The molecule has 0 aromatic heterocycles. The number of carboxylic acids is 1. The van der Waals surface area contributed by atoms with Gasteiger partial charge >= 0.3 is 5.97 Å². The number of likely N-dealkylation sites (tertiary alicyclic amines) is 1. The number of hydrogen-bond acceptors (Lipinski definition) is 4. The number of nitrogens with one attached hydrogen (secondary N) is 1. The summed E-state index contributed by atoms with van der Waals surface area (Å²) in [4.78, 5) is 13.1. The summed E-state index contributed by atoms with van der Waals surface area (Å²) in [5.41, 5.74) is 0. The molecule has 17 heavy (non-hydrogen) atoms. The molecular formula is C12H22N2O3. The van der Waals surface area contributed by atoms with Crippen LogP contribution in [0.3, 0.4) is 0 Å².